The van der Waals surface area contributed by atoms with E-state index in [1.165, 1.54) is 5.56 Å². The lowest BCUT2D eigenvalue weighted by atomic mass is 10.0. The molecule has 2 amide bonds. The average Bonchev–Trinajstić information content (AvgIpc) is 2.71. The Morgan fingerprint density at radius 3 is 2.17 bits per heavy atom. The Kier molecular flexibility index (Phi) is 8.64. The molecule has 0 bridgehead atoms. The molecule has 2 aromatic carbocycles. The van der Waals surface area contributed by atoms with Crippen molar-refractivity contribution >= 4 is 11.8 Å². The van der Waals surface area contributed by atoms with E-state index in [2.05, 4.69) is 23.5 Å². The van der Waals surface area contributed by atoms with Crippen LogP contribution in [0.5, 0.6) is 0 Å². The molecule has 2 unspecified atom stereocenters. The van der Waals surface area contributed by atoms with Gasteiger partial charge in [0.2, 0.25) is 11.8 Å². The Morgan fingerprint density at radius 1 is 0.933 bits per heavy atom. The SMILES string of the molecule is CCC(C)NC(=O)C(CC)N(Cc1ccc(C)cc1)C(=O)Cc1cc(C)ccc1C. The van der Waals surface area contributed by atoms with Gasteiger partial charge in [-0.3, -0.25) is 9.59 Å². The fourth-order valence-corrected chi connectivity index (χ4v) is 3.51. The Morgan fingerprint density at radius 2 is 1.57 bits per heavy atom. The number of nitrogens with one attached hydrogen (secondary N) is 1. The molecule has 0 spiro atoms. The summed E-state index contributed by atoms with van der Waals surface area (Å²) in [5.41, 5.74) is 5.46. The van der Waals surface area contributed by atoms with Gasteiger partial charge in [-0.15, -0.1) is 0 Å². The van der Waals surface area contributed by atoms with E-state index in [-0.39, 0.29) is 17.9 Å². The van der Waals surface area contributed by atoms with E-state index in [0.717, 1.165) is 28.7 Å². The molecule has 4 heteroatoms. The molecule has 2 rings (SSSR count). The summed E-state index contributed by atoms with van der Waals surface area (Å²) >= 11 is 0. The number of hydrogen-bond acceptors (Lipinski definition) is 2. The van der Waals surface area contributed by atoms with Crippen LogP contribution in [-0.4, -0.2) is 28.8 Å². The van der Waals surface area contributed by atoms with Gasteiger partial charge in [0.15, 0.2) is 0 Å². The number of rotatable bonds is 9. The van der Waals surface area contributed by atoms with Gasteiger partial charge in [0.25, 0.3) is 0 Å². The first-order valence-electron chi connectivity index (χ1n) is 11.0. The normalized spacial score (nSPS) is 12.9. The van der Waals surface area contributed by atoms with Gasteiger partial charge in [0, 0.05) is 12.6 Å². The van der Waals surface area contributed by atoms with Crippen LogP contribution in [0.1, 0.15) is 61.4 Å². The Bertz CT molecular complexity index is 858. The maximum atomic E-state index is 13.5. The summed E-state index contributed by atoms with van der Waals surface area (Å²) in [5, 5.41) is 3.06. The van der Waals surface area contributed by atoms with E-state index in [4.69, 9.17) is 0 Å². The molecule has 4 nitrogen and oxygen atoms in total. The highest BCUT2D eigenvalue weighted by Crippen LogP contribution is 2.18. The standard InChI is InChI=1S/C26H36N2O2/c1-7-21(6)27-26(30)24(8-2)28(17-22-13-10-18(3)11-14-22)25(29)16-23-15-19(4)9-12-20(23)5/h9-15,21,24H,7-8,16-17H2,1-6H3,(H,27,30). The molecule has 2 aromatic rings. The average molecular weight is 409 g/mol. The monoisotopic (exact) mass is 408 g/mol. The summed E-state index contributed by atoms with van der Waals surface area (Å²) < 4.78 is 0. The molecule has 2 atom stereocenters. The lowest BCUT2D eigenvalue weighted by Gasteiger charge is -2.32. The van der Waals surface area contributed by atoms with Crippen LogP contribution in [0.25, 0.3) is 0 Å². The van der Waals surface area contributed by atoms with Crippen molar-refractivity contribution in [3.05, 3.63) is 70.3 Å². The predicted molar refractivity (Wildman–Crippen MR) is 123 cm³/mol. The minimum atomic E-state index is -0.488. The Hall–Kier alpha value is -2.62. The van der Waals surface area contributed by atoms with Crippen LogP contribution in [0.3, 0.4) is 0 Å². The van der Waals surface area contributed by atoms with Crippen LogP contribution in [0.2, 0.25) is 0 Å². The second kappa shape index (κ2) is 11.0. The third kappa shape index (κ3) is 6.45. The Labute approximate surface area is 181 Å². The van der Waals surface area contributed by atoms with Crippen LogP contribution in [0, 0.1) is 20.8 Å². The quantitative estimate of drug-likeness (QED) is 0.643. The van der Waals surface area contributed by atoms with Crippen LogP contribution < -0.4 is 5.32 Å². The van der Waals surface area contributed by atoms with Crippen molar-refractivity contribution < 1.29 is 9.59 Å². The fourth-order valence-electron chi connectivity index (χ4n) is 3.51. The van der Waals surface area contributed by atoms with E-state index < -0.39 is 6.04 Å². The molecule has 0 saturated heterocycles. The van der Waals surface area contributed by atoms with Crippen molar-refractivity contribution in [3.8, 4) is 0 Å². The van der Waals surface area contributed by atoms with Gasteiger partial charge in [-0.05, 0) is 57.2 Å². The lowest BCUT2D eigenvalue weighted by Crippen LogP contribution is -2.51. The number of hydrogen-bond donors (Lipinski definition) is 1. The molecular weight excluding hydrogens is 372 g/mol. The molecule has 0 aliphatic carbocycles. The van der Waals surface area contributed by atoms with Crippen molar-refractivity contribution in [3.63, 3.8) is 0 Å². The van der Waals surface area contributed by atoms with Gasteiger partial charge in [-0.25, -0.2) is 0 Å². The zero-order chi connectivity index (χ0) is 22.3. The molecule has 0 saturated carbocycles. The zero-order valence-corrected chi connectivity index (χ0v) is 19.3. The van der Waals surface area contributed by atoms with Gasteiger partial charge in [0.1, 0.15) is 6.04 Å². The zero-order valence-electron chi connectivity index (χ0n) is 19.3. The van der Waals surface area contributed by atoms with Crippen molar-refractivity contribution in [2.24, 2.45) is 0 Å². The summed E-state index contributed by atoms with van der Waals surface area (Å²) in [6.07, 6.45) is 1.73. The maximum Gasteiger partial charge on any atom is 0.243 e. The lowest BCUT2D eigenvalue weighted by molar-refractivity contribution is -0.141. The Balaban J connectivity index is 2.32. The van der Waals surface area contributed by atoms with Crippen molar-refractivity contribution in [1.82, 2.24) is 10.2 Å². The molecule has 0 heterocycles. The topological polar surface area (TPSA) is 49.4 Å². The number of aryl methyl sites for hydroxylation is 3. The maximum absolute atomic E-state index is 13.5. The summed E-state index contributed by atoms with van der Waals surface area (Å²) in [4.78, 5) is 28.2. The molecule has 30 heavy (non-hydrogen) atoms. The van der Waals surface area contributed by atoms with Gasteiger partial charge in [-0.1, -0.05) is 67.4 Å². The third-order valence-corrected chi connectivity index (χ3v) is 5.71. The number of amides is 2. The predicted octanol–water partition coefficient (Wildman–Crippen LogP) is 4.88. The van der Waals surface area contributed by atoms with Gasteiger partial charge in [0.05, 0.1) is 6.42 Å². The van der Waals surface area contributed by atoms with E-state index in [0.29, 0.717) is 19.4 Å². The molecule has 0 aliphatic heterocycles. The van der Waals surface area contributed by atoms with Crippen molar-refractivity contribution in [2.45, 2.75) is 79.4 Å². The highest BCUT2D eigenvalue weighted by atomic mass is 16.2. The highest BCUT2D eigenvalue weighted by molar-refractivity contribution is 5.88. The van der Waals surface area contributed by atoms with Gasteiger partial charge in [-0.2, -0.15) is 0 Å². The summed E-state index contributed by atoms with van der Waals surface area (Å²) in [7, 11) is 0. The second-order valence-corrected chi connectivity index (χ2v) is 8.36. The number of benzene rings is 2. The van der Waals surface area contributed by atoms with E-state index in [9.17, 15) is 9.59 Å². The van der Waals surface area contributed by atoms with E-state index in [1.807, 2.05) is 65.8 Å². The molecule has 0 aromatic heterocycles. The van der Waals surface area contributed by atoms with E-state index in [1.54, 1.807) is 4.90 Å². The van der Waals surface area contributed by atoms with Gasteiger partial charge >= 0.3 is 0 Å². The van der Waals surface area contributed by atoms with Crippen LogP contribution in [0.4, 0.5) is 0 Å². The first kappa shape index (κ1) is 23.7. The van der Waals surface area contributed by atoms with Crippen LogP contribution in [-0.2, 0) is 22.6 Å². The summed E-state index contributed by atoms with van der Waals surface area (Å²) in [5.74, 6) is -0.0938. The van der Waals surface area contributed by atoms with Crippen molar-refractivity contribution in [2.75, 3.05) is 0 Å². The molecule has 1 N–H and O–H groups in total. The fraction of sp³-hybridized carbons (Fsp3) is 0.462. The summed E-state index contributed by atoms with van der Waals surface area (Å²) in [6.45, 7) is 12.5. The largest absolute Gasteiger partial charge is 0.352 e. The first-order valence-corrected chi connectivity index (χ1v) is 11.0. The number of nitrogens with zero attached hydrogens (tertiary/aromatic N) is 1. The van der Waals surface area contributed by atoms with Gasteiger partial charge < -0.3 is 10.2 Å². The van der Waals surface area contributed by atoms with E-state index >= 15 is 0 Å². The molecule has 0 fully saturated rings. The smallest absolute Gasteiger partial charge is 0.243 e. The first-order chi connectivity index (χ1) is 14.2. The minimum Gasteiger partial charge on any atom is -0.352 e. The number of carbonyl (C=O) groups is 2. The third-order valence-electron chi connectivity index (χ3n) is 5.71. The van der Waals surface area contributed by atoms with Crippen LogP contribution >= 0.6 is 0 Å². The molecular formula is C26H36N2O2. The molecule has 0 radical (unpaired) electrons. The second-order valence-electron chi connectivity index (χ2n) is 8.36. The molecule has 0 aliphatic rings. The highest BCUT2D eigenvalue weighted by Gasteiger charge is 2.29. The van der Waals surface area contributed by atoms with Crippen LogP contribution in [0.15, 0.2) is 42.5 Å². The van der Waals surface area contributed by atoms with Crippen molar-refractivity contribution in [1.29, 1.82) is 0 Å². The summed E-state index contributed by atoms with van der Waals surface area (Å²) in [6, 6.07) is 13.9. The minimum absolute atomic E-state index is 0.0181. The number of carbonyl (C=O) groups excluding carboxylic acids is 2. The molecule has 162 valence electrons.